The van der Waals surface area contributed by atoms with E-state index in [1.54, 1.807) is 0 Å². The van der Waals surface area contributed by atoms with Gasteiger partial charge in [-0.25, -0.2) is 4.98 Å². The normalized spacial score (nSPS) is 20.3. The molecule has 2 N–H and O–H groups in total. The Labute approximate surface area is 107 Å². The number of piperidine rings is 1. The summed E-state index contributed by atoms with van der Waals surface area (Å²) in [7, 11) is 0. The summed E-state index contributed by atoms with van der Waals surface area (Å²) in [6.07, 6.45) is 4.13. The van der Waals surface area contributed by atoms with Crippen LogP contribution in [-0.4, -0.2) is 24.6 Å². The minimum atomic E-state index is 0.771. The van der Waals surface area contributed by atoms with Crippen LogP contribution < -0.4 is 10.6 Å². The maximum Gasteiger partial charge on any atom is 0.181 e. The van der Waals surface area contributed by atoms with Gasteiger partial charge in [0.15, 0.2) is 12.0 Å². The molecule has 1 unspecified atom stereocenters. The third kappa shape index (κ3) is 2.71. The lowest BCUT2D eigenvalue weighted by atomic mass is 10.00. The number of hydrogen-bond acceptors (Lipinski definition) is 4. The first-order chi connectivity index (χ1) is 8.92. The van der Waals surface area contributed by atoms with Crippen LogP contribution in [0.2, 0.25) is 0 Å². The van der Waals surface area contributed by atoms with Crippen LogP contribution in [0.15, 0.2) is 29.0 Å². The lowest BCUT2D eigenvalue weighted by molar-refractivity contribution is 0.360. The summed E-state index contributed by atoms with van der Waals surface area (Å²) >= 11 is 0. The first-order valence-electron chi connectivity index (χ1n) is 6.65. The molecular weight excluding hydrogens is 226 g/mol. The number of nitrogens with zero attached hydrogens (tertiary/aromatic N) is 1. The van der Waals surface area contributed by atoms with Crippen LogP contribution >= 0.6 is 0 Å². The second-order valence-corrected chi connectivity index (χ2v) is 5.00. The molecule has 1 aromatic heterocycles. The van der Waals surface area contributed by atoms with Gasteiger partial charge >= 0.3 is 0 Å². The van der Waals surface area contributed by atoms with Crippen molar-refractivity contribution >= 4 is 11.1 Å². The van der Waals surface area contributed by atoms with E-state index in [1.165, 1.54) is 31.3 Å². The van der Waals surface area contributed by atoms with Gasteiger partial charge in [-0.15, -0.1) is 0 Å². The first kappa shape index (κ1) is 11.7. The molecule has 18 heavy (non-hydrogen) atoms. The number of fused-ring (bicyclic) bond motifs is 1. The Hall–Kier alpha value is -1.39. The van der Waals surface area contributed by atoms with Crippen molar-refractivity contribution in [1.29, 1.82) is 0 Å². The summed E-state index contributed by atoms with van der Waals surface area (Å²) in [4.78, 5) is 4.12. The number of aromatic nitrogens is 1. The molecule has 0 amide bonds. The van der Waals surface area contributed by atoms with Gasteiger partial charge in [0.25, 0.3) is 0 Å². The van der Waals surface area contributed by atoms with Crippen molar-refractivity contribution < 1.29 is 4.42 Å². The average Bonchev–Trinajstić information content (AvgIpc) is 2.87. The van der Waals surface area contributed by atoms with Crippen molar-refractivity contribution in [3.63, 3.8) is 0 Å². The molecule has 0 saturated carbocycles. The van der Waals surface area contributed by atoms with Crippen LogP contribution in [0, 0.1) is 5.92 Å². The SMILES string of the molecule is c1nc2ccc(CNCC3CCCNC3)cc2o1. The van der Waals surface area contributed by atoms with E-state index in [1.807, 2.05) is 6.07 Å². The average molecular weight is 245 g/mol. The summed E-state index contributed by atoms with van der Waals surface area (Å²) in [6.45, 7) is 4.31. The van der Waals surface area contributed by atoms with E-state index in [0.29, 0.717) is 0 Å². The summed E-state index contributed by atoms with van der Waals surface area (Å²) < 4.78 is 5.31. The molecule has 1 fully saturated rings. The molecule has 1 atom stereocenters. The van der Waals surface area contributed by atoms with Crippen LogP contribution in [0.4, 0.5) is 0 Å². The van der Waals surface area contributed by atoms with Gasteiger partial charge in [-0.3, -0.25) is 0 Å². The standard InChI is InChI=1S/C14H19N3O/c1-2-12(8-15-5-1)9-16-7-11-3-4-13-14(6-11)18-10-17-13/h3-4,6,10,12,15-16H,1-2,5,7-9H2. The van der Waals surface area contributed by atoms with Crippen molar-refractivity contribution in [1.82, 2.24) is 15.6 Å². The molecule has 0 bridgehead atoms. The van der Waals surface area contributed by atoms with E-state index in [-0.39, 0.29) is 0 Å². The van der Waals surface area contributed by atoms with E-state index in [0.717, 1.165) is 36.7 Å². The van der Waals surface area contributed by atoms with Crippen molar-refractivity contribution in [2.24, 2.45) is 5.92 Å². The minimum absolute atomic E-state index is 0.771. The van der Waals surface area contributed by atoms with Crippen LogP contribution in [-0.2, 0) is 6.54 Å². The predicted molar refractivity (Wildman–Crippen MR) is 71.3 cm³/mol. The number of oxazole rings is 1. The van der Waals surface area contributed by atoms with Gasteiger partial charge in [0.1, 0.15) is 5.52 Å². The maximum atomic E-state index is 5.31. The summed E-state index contributed by atoms with van der Waals surface area (Å²) in [5, 5.41) is 6.97. The van der Waals surface area contributed by atoms with Crippen LogP contribution in [0.1, 0.15) is 18.4 Å². The Morgan fingerprint density at radius 3 is 3.33 bits per heavy atom. The van der Waals surface area contributed by atoms with E-state index in [4.69, 9.17) is 4.42 Å². The van der Waals surface area contributed by atoms with Gasteiger partial charge in [-0.2, -0.15) is 0 Å². The second-order valence-electron chi connectivity index (χ2n) is 5.00. The molecule has 0 radical (unpaired) electrons. The maximum absolute atomic E-state index is 5.31. The van der Waals surface area contributed by atoms with Gasteiger partial charge in [0.2, 0.25) is 0 Å². The monoisotopic (exact) mass is 245 g/mol. The minimum Gasteiger partial charge on any atom is -0.443 e. The fraction of sp³-hybridized carbons (Fsp3) is 0.500. The largest absolute Gasteiger partial charge is 0.443 e. The zero-order valence-corrected chi connectivity index (χ0v) is 10.5. The van der Waals surface area contributed by atoms with E-state index < -0.39 is 0 Å². The van der Waals surface area contributed by atoms with Gasteiger partial charge in [0.05, 0.1) is 0 Å². The van der Waals surface area contributed by atoms with E-state index in [2.05, 4.69) is 27.8 Å². The lowest BCUT2D eigenvalue weighted by Gasteiger charge is -2.22. The highest BCUT2D eigenvalue weighted by Crippen LogP contribution is 2.14. The van der Waals surface area contributed by atoms with Crippen molar-refractivity contribution in [3.05, 3.63) is 30.2 Å². The molecule has 4 nitrogen and oxygen atoms in total. The number of hydrogen-bond donors (Lipinski definition) is 2. The van der Waals surface area contributed by atoms with Crippen molar-refractivity contribution in [2.75, 3.05) is 19.6 Å². The molecule has 4 heteroatoms. The second kappa shape index (κ2) is 5.50. The lowest BCUT2D eigenvalue weighted by Crippen LogP contribution is -2.35. The summed E-state index contributed by atoms with van der Waals surface area (Å²) in [5.41, 5.74) is 3.05. The molecule has 96 valence electrons. The topological polar surface area (TPSA) is 50.1 Å². The Kier molecular flexibility index (Phi) is 3.57. The molecule has 2 aromatic rings. The highest BCUT2D eigenvalue weighted by Gasteiger charge is 2.11. The summed E-state index contributed by atoms with van der Waals surface area (Å²) in [6, 6.07) is 6.18. The van der Waals surface area contributed by atoms with Crippen LogP contribution in [0.25, 0.3) is 11.1 Å². The molecule has 0 spiro atoms. The predicted octanol–water partition coefficient (Wildman–Crippen LogP) is 1.92. The molecule has 1 aliphatic rings. The number of rotatable bonds is 4. The Balaban J connectivity index is 1.52. The fourth-order valence-corrected chi connectivity index (χ4v) is 2.53. The quantitative estimate of drug-likeness (QED) is 0.864. The third-order valence-electron chi connectivity index (χ3n) is 3.56. The molecule has 0 aliphatic carbocycles. The number of nitrogens with one attached hydrogen (secondary N) is 2. The third-order valence-corrected chi connectivity index (χ3v) is 3.56. The fourth-order valence-electron chi connectivity index (χ4n) is 2.53. The Bertz CT molecular complexity index is 502. The summed E-state index contributed by atoms with van der Waals surface area (Å²) in [5.74, 6) is 0.771. The molecule has 1 saturated heterocycles. The highest BCUT2D eigenvalue weighted by atomic mass is 16.3. The zero-order valence-electron chi connectivity index (χ0n) is 10.5. The van der Waals surface area contributed by atoms with Gasteiger partial charge in [-0.1, -0.05) is 6.07 Å². The molecule has 3 rings (SSSR count). The van der Waals surface area contributed by atoms with Gasteiger partial charge in [0, 0.05) is 6.54 Å². The number of benzene rings is 1. The molecule has 1 aromatic carbocycles. The van der Waals surface area contributed by atoms with Crippen LogP contribution in [0.5, 0.6) is 0 Å². The van der Waals surface area contributed by atoms with Crippen LogP contribution in [0.3, 0.4) is 0 Å². The highest BCUT2D eigenvalue weighted by molar-refractivity contribution is 5.72. The molecule has 1 aliphatic heterocycles. The Morgan fingerprint density at radius 2 is 2.44 bits per heavy atom. The smallest absolute Gasteiger partial charge is 0.181 e. The van der Waals surface area contributed by atoms with Gasteiger partial charge < -0.3 is 15.1 Å². The van der Waals surface area contributed by atoms with E-state index in [9.17, 15) is 0 Å². The van der Waals surface area contributed by atoms with Crippen molar-refractivity contribution in [3.8, 4) is 0 Å². The first-order valence-corrected chi connectivity index (χ1v) is 6.65. The Morgan fingerprint density at radius 1 is 1.44 bits per heavy atom. The molecule has 2 heterocycles. The van der Waals surface area contributed by atoms with Gasteiger partial charge in [-0.05, 0) is 56.1 Å². The van der Waals surface area contributed by atoms with Crippen molar-refractivity contribution in [2.45, 2.75) is 19.4 Å². The molecular formula is C14H19N3O. The van der Waals surface area contributed by atoms with E-state index >= 15 is 0 Å². The zero-order chi connectivity index (χ0) is 12.2.